The minimum Gasteiger partial charge on any atom is -0.393 e. The number of aliphatic hydroxyl groups excluding tert-OH is 2. The number of hydrogen-bond acceptors (Lipinski definition) is 2. The molecule has 0 aliphatic rings. The highest BCUT2D eigenvalue weighted by molar-refractivity contribution is 4.72. The van der Waals surface area contributed by atoms with Crippen LogP contribution in [-0.4, -0.2) is 22.4 Å². The predicted molar refractivity (Wildman–Crippen MR) is 69.5 cm³/mol. The zero-order chi connectivity index (χ0) is 12.4. The van der Waals surface area contributed by atoms with Gasteiger partial charge in [-0.15, -0.1) is 0 Å². The molecule has 0 rings (SSSR count). The zero-order valence-electron chi connectivity index (χ0n) is 11.3. The van der Waals surface area contributed by atoms with Crippen molar-refractivity contribution in [1.82, 2.24) is 0 Å². The lowest BCUT2D eigenvalue weighted by Crippen LogP contribution is -2.29. The molecule has 0 aromatic carbocycles. The third-order valence-corrected chi connectivity index (χ3v) is 3.42. The molecule has 0 saturated carbocycles. The first-order valence-corrected chi connectivity index (χ1v) is 6.99. The Labute approximate surface area is 101 Å². The molecule has 0 saturated heterocycles. The summed E-state index contributed by atoms with van der Waals surface area (Å²) >= 11 is 0. The monoisotopic (exact) mass is 230 g/mol. The average molecular weight is 230 g/mol. The maximum absolute atomic E-state index is 9.77. The van der Waals surface area contributed by atoms with E-state index in [1.54, 1.807) is 6.92 Å². The maximum Gasteiger partial charge on any atom is 0.0590 e. The Kier molecular flexibility index (Phi) is 10.0. The van der Waals surface area contributed by atoms with Crippen LogP contribution in [0, 0.1) is 5.92 Å². The van der Waals surface area contributed by atoms with Crippen molar-refractivity contribution in [3.63, 3.8) is 0 Å². The van der Waals surface area contributed by atoms with Crippen LogP contribution in [0.4, 0.5) is 0 Å². The van der Waals surface area contributed by atoms with E-state index in [1.807, 2.05) is 6.92 Å². The summed E-state index contributed by atoms with van der Waals surface area (Å²) in [5.74, 6) is 0.0659. The summed E-state index contributed by atoms with van der Waals surface area (Å²) in [5.41, 5.74) is 0. The van der Waals surface area contributed by atoms with Crippen molar-refractivity contribution >= 4 is 0 Å². The van der Waals surface area contributed by atoms with Gasteiger partial charge in [-0.05, 0) is 19.8 Å². The molecule has 98 valence electrons. The van der Waals surface area contributed by atoms with Gasteiger partial charge in [0.2, 0.25) is 0 Å². The SMILES string of the molecule is CCCCCCCC[C@H](C(O)CC)[C@@H](C)O. The molecule has 0 spiro atoms. The first-order chi connectivity index (χ1) is 7.63. The van der Waals surface area contributed by atoms with Gasteiger partial charge < -0.3 is 10.2 Å². The fraction of sp³-hybridized carbons (Fsp3) is 1.00. The van der Waals surface area contributed by atoms with Crippen molar-refractivity contribution in [2.45, 2.75) is 84.3 Å². The van der Waals surface area contributed by atoms with Crippen LogP contribution in [0.1, 0.15) is 72.1 Å². The second-order valence-corrected chi connectivity index (χ2v) is 4.94. The molecule has 0 heterocycles. The van der Waals surface area contributed by atoms with Gasteiger partial charge in [-0.2, -0.15) is 0 Å². The topological polar surface area (TPSA) is 40.5 Å². The van der Waals surface area contributed by atoms with E-state index >= 15 is 0 Å². The van der Waals surface area contributed by atoms with Crippen molar-refractivity contribution in [3.8, 4) is 0 Å². The van der Waals surface area contributed by atoms with Gasteiger partial charge in [-0.3, -0.25) is 0 Å². The fourth-order valence-corrected chi connectivity index (χ4v) is 2.22. The molecule has 2 nitrogen and oxygen atoms in total. The highest BCUT2D eigenvalue weighted by atomic mass is 16.3. The highest BCUT2D eigenvalue weighted by Crippen LogP contribution is 2.20. The molecule has 2 heteroatoms. The number of unbranched alkanes of at least 4 members (excludes halogenated alkanes) is 5. The smallest absolute Gasteiger partial charge is 0.0590 e. The van der Waals surface area contributed by atoms with Crippen molar-refractivity contribution in [2.75, 3.05) is 0 Å². The standard InChI is InChI=1S/C14H30O2/c1-4-6-7-8-9-10-11-13(12(3)15)14(16)5-2/h12-16H,4-11H2,1-3H3/t12-,13+,14?/m1/s1. The lowest BCUT2D eigenvalue weighted by atomic mass is 9.89. The molecule has 0 fully saturated rings. The largest absolute Gasteiger partial charge is 0.393 e. The summed E-state index contributed by atoms with van der Waals surface area (Å²) < 4.78 is 0. The van der Waals surface area contributed by atoms with E-state index in [0.29, 0.717) is 0 Å². The van der Waals surface area contributed by atoms with E-state index in [2.05, 4.69) is 6.92 Å². The molecule has 0 amide bonds. The molecule has 0 radical (unpaired) electrons. The molecule has 0 aliphatic heterocycles. The van der Waals surface area contributed by atoms with Gasteiger partial charge in [0.1, 0.15) is 0 Å². The summed E-state index contributed by atoms with van der Waals surface area (Å²) in [4.78, 5) is 0. The van der Waals surface area contributed by atoms with Crippen LogP contribution in [0.25, 0.3) is 0 Å². The maximum atomic E-state index is 9.77. The van der Waals surface area contributed by atoms with Crippen LogP contribution in [-0.2, 0) is 0 Å². The molecule has 0 aliphatic carbocycles. The fourth-order valence-electron chi connectivity index (χ4n) is 2.22. The molecule has 3 atom stereocenters. The minimum atomic E-state index is -0.384. The van der Waals surface area contributed by atoms with Crippen LogP contribution < -0.4 is 0 Å². The minimum absolute atomic E-state index is 0.0659. The van der Waals surface area contributed by atoms with Gasteiger partial charge in [0.05, 0.1) is 12.2 Å². The van der Waals surface area contributed by atoms with Gasteiger partial charge in [0, 0.05) is 5.92 Å². The lowest BCUT2D eigenvalue weighted by Gasteiger charge is -2.24. The quantitative estimate of drug-likeness (QED) is 0.564. The van der Waals surface area contributed by atoms with Crippen molar-refractivity contribution in [2.24, 2.45) is 5.92 Å². The summed E-state index contributed by atoms with van der Waals surface area (Å²) in [5, 5.41) is 19.4. The lowest BCUT2D eigenvalue weighted by molar-refractivity contribution is 0.0142. The van der Waals surface area contributed by atoms with E-state index in [-0.39, 0.29) is 18.1 Å². The number of hydrogen-bond donors (Lipinski definition) is 2. The Bertz CT molecular complexity index is 146. The first-order valence-electron chi connectivity index (χ1n) is 6.99. The van der Waals surface area contributed by atoms with E-state index in [9.17, 15) is 10.2 Å². The Morgan fingerprint density at radius 1 is 0.875 bits per heavy atom. The molecular weight excluding hydrogens is 200 g/mol. The average Bonchev–Trinajstić information content (AvgIpc) is 2.26. The molecule has 0 aromatic heterocycles. The Morgan fingerprint density at radius 3 is 1.94 bits per heavy atom. The molecular formula is C14H30O2. The zero-order valence-corrected chi connectivity index (χ0v) is 11.3. The third kappa shape index (κ3) is 7.24. The van der Waals surface area contributed by atoms with Crippen LogP contribution in [0.5, 0.6) is 0 Å². The van der Waals surface area contributed by atoms with E-state index in [4.69, 9.17) is 0 Å². The molecule has 2 N–H and O–H groups in total. The number of aliphatic hydroxyl groups is 2. The number of rotatable bonds is 10. The van der Waals surface area contributed by atoms with Crippen LogP contribution in [0.2, 0.25) is 0 Å². The van der Waals surface area contributed by atoms with Gasteiger partial charge >= 0.3 is 0 Å². The summed E-state index contributed by atoms with van der Waals surface area (Å²) in [6.45, 7) is 5.99. The molecule has 0 bridgehead atoms. The van der Waals surface area contributed by atoms with Crippen LogP contribution in [0.3, 0.4) is 0 Å². The first kappa shape index (κ1) is 15.9. The van der Waals surface area contributed by atoms with E-state index < -0.39 is 0 Å². The molecule has 16 heavy (non-hydrogen) atoms. The second kappa shape index (κ2) is 10.1. The van der Waals surface area contributed by atoms with Crippen molar-refractivity contribution < 1.29 is 10.2 Å². The van der Waals surface area contributed by atoms with Crippen LogP contribution >= 0.6 is 0 Å². The molecule has 0 aromatic rings. The summed E-state index contributed by atoms with van der Waals surface area (Å²) in [6, 6.07) is 0. The summed E-state index contributed by atoms with van der Waals surface area (Å²) in [6.07, 6.45) is 8.58. The Hall–Kier alpha value is -0.0800. The predicted octanol–water partition coefficient (Wildman–Crippen LogP) is 3.50. The van der Waals surface area contributed by atoms with Gasteiger partial charge in [-0.25, -0.2) is 0 Å². The van der Waals surface area contributed by atoms with Gasteiger partial charge in [-0.1, -0.05) is 52.4 Å². The van der Waals surface area contributed by atoms with Gasteiger partial charge in [0.15, 0.2) is 0 Å². The van der Waals surface area contributed by atoms with E-state index in [0.717, 1.165) is 19.3 Å². The van der Waals surface area contributed by atoms with E-state index in [1.165, 1.54) is 32.1 Å². The highest BCUT2D eigenvalue weighted by Gasteiger charge is 2.21. The second-order valence-electron chi connectivity index (χ2n) is 4.94. The van der Waals surface area contributed by atoms with Crippen molar-refractivity contribution in [3.05, 3.63) is 0 Å². The van der Waals surface area contributed by atoms with Crippen LogP contribution in [0.15, 0.2) is 0 Å². The third-order valence-electron chi connectivity index (χ3n) is 3.42. The van der Waals surface area contributed by atoms with Crippen molar-refractivity contribution in [1.29, 1.82) is 0 Å². The van der Waals surface area contributed by atoms with Gasteiger partial charge in [0.25, 0.3) is 0 Å². The normalized spacial score (nSPS) is 17.1. The Morgan fingerprint density at radius 2 is 1.44 bits per heavy atom. The Balaban J connectivity index is 3.61. The molecule has 1 unspecified atom stereocenters. The summed E-state index contributed by atoms with van der Waals surface area (Å²) in [7, 11) is 0.